The van der Waals surface area contributed by atoms with Crippen LogP contribution in [0.3, 0.4) is 0 Å². The van der Waals surface area contributed by atoms with E-state index in [1.807, 2.05) is 0 Å². The van der Waals surface area contributed by atoms with Crippen LogP contribution in [-0.4, -0.2) is 8.88 Å². The van der Waals surface area contributed by atoms with E-state index in [4.69, 9.17) is 0 Å². The van der Waals surface area contributed by atoms with Crippen LogP contribution in [0.2, 0.25) is 0 Å². The summed E-state index contributed by atoms with van der Waals surface area (Å²) < 4.78 is 5.78. The van der Waals surface area contributed by atoms with Crippen molar-refractivity contribution in [2.45, 2.75) is 25.9 Å². The number of hydrogen-bond donors (Lipinski definition) is 0. The van der Waals surface area contributed by atoms with Crippen LogP contribution in [0, 0.1) is 0 Å². The lowest BCUT2D eigenvalue weighted by atomic mass is 10.0. The van der Waals surface area contributed by atoms with Gasteiger partial charge in [0.05, 0.1) is 0 Å². The second-order valence-corrected chi connectivity index (χ2v) is 24.6. The van der Waals surface area contributed by atoms with Crippen LogP contribution in [0.4, 0.5) is 0 Å². The van der Waals surface area contributed by atoms with Crippen LogP contribution in [0.15, 0.2) is 267 Å². The molecule has 0 bridgehead atoms. The molecule has 2 atom stereocenters. The molecule has 2 nitrogen and oxygen atoms in total. The van der Waals surface area contributed by atoms with Crippen LogP contribution in [0.1, 0.15) is 37.1 Å². The summed E-state index contributed by atoms with van der Waals surface area (Å²) in [5.41, 5.74) is 2.63. The fourth-order valence-corrected chi connectivity index (χ4v) is 20.9. The molecule has 9 aromatic rings. The molecule has 9 aromatic carbocycles. The second kappa shape index (κ2) is 21.5. The van der Waals surface area contributed by atoms with E-state index in [0.29, 0.717) is 0 Å². The van der Waals surface area contributed by atoms with Crippen LogP contribution >= 0.6 is 32.3 Å². The Bertz CT molecular complexity index is 2250. The van der Waals surface area contributed by atoms with E-state index in [1.165, 1.54) is 53.6 Å². The number of benzene rings is 9. The summed E-state index contributed by atoms with van der Waals surface area (Å²) in [6.07, 6.45) is 0. The summed E-state index contributed by atoms with van der Waals surface area (Å²) in [6.45, 7) is 4.90. The van der Waals surface area contributed by atoms with E-state index >= 15 is 0 Å². The first-order valence-corrected chi connectivity index (χ1v) is 27.1. The van der Waals surface area contributed by atoms with E-state index in [-0.39, 0.29) is 12.1 Å². The third-order valence-corrected chi connectivity index (χ3v) is 22.9. The van der Waals surface area contributed by atoms with E-state index in [9.17, 15) is 0 Å². The van der Waals surface area contributed by atoms with Gasteiger partial charge in [-0.25, -0.2) is 8.88 Å². The Hall–Kier alpha value is -5.38. The Morgan fingerprint density at radius 2 is 0.406 bits per heavy atom. The highest BCUT2D eigenvalue weighted by atomic mass is 31.2. The molecule has 0 heterocycles. The summed E-state index contributed by atoms with van der Waals surface area (Å²) in [5, 5.41) is 10.8. The highest BCUT2D eigenvalue weighted by molar-refractivity contribution is 7.85. The van der Waals surface area contributed by atoms with Gasteiger partial charge in [0.25, 0.3) is 0 Å². The molecule has 314 valence electrons. The minimum absolute atomic E-state index is 0.0492. The van der Waals surface area contributed by atoms with Gasteiger partial charge in [-0.05, 0) is 67.4 Å². The lowest BCUT2D eigenvalue weighted by molar-refractivity contribution is 0.551. The molecule has 0 N–H and O–H groups in total. The quantitative estimate of drug-likeness (QED) is 0.0892. The van der Waals surface area contributed by atoms with Gasteiger partial charge < -0.3 is 0 Å². The highest BCUT2D eigenvalue weighted by Gasteiger charge is 2.38. The SMILES string of the molecule is CC(c1cccc(C(C)N(P(c2ccccc2)c2ccccc2)P(c2ccccc2)c2ccccc2)c1)N(P(c1ccccc1)c1ccccc1)P(c1ccccc1)c1ccccc1. The molecule has 0 amide bonds. The van der Waals surface area contributed by atoms with Crippen LogP contribution in [0.25, 0.3) is 0 Å². The predicted octanol–water partition coefficient (Wildman–Crippen LogP) is 12.6. The van der Waals surface area contributed by atoms with Gasteiger partial charge in [0.1, 0.15) is 0 Å². The third kappa shape index (κ3) is 9.96. The van der Waals surface area contributed by atoms with Gasteiger partial charge in [-0.1, -0.05) is 267 Å². The number of rotatable bonds is 16. The zero-order chi connectivity index (χ0) is 43.5. The zero-order valence-electron chi connectivity index (χ0n) is 36.2. The maximum Gasteiger partial charge on any atom is 0.0408 e. The molecule has 0 spiro atoms. The van der Waals surface area contributed by atoms with Crippen molar-refractivity contribution in [1.29, 1.82) is 0 Å². The topological polar surface area (TPSA) is 6.48 Å². The lowest BCUT2D eigenvalue weighted by Crippen LogP contribution is -2.34. The van der Waals surface area contributed by atoms with Gasteiger partial charge in [-0.2, -0.15) is 0 Å². The predicted molar refractivity (Wildman–Crippen MR) is 283 cm³/mol. The van der Waals surface area contributed by atoms with Crippen molar-refractivity contribution in [3.63, 3.8) is 0 Å². The average Bonchev–Trinajstić information content (AvgIpc) is 3.38. The molecular formula is C58H52N2P4. The summed E-state index contributed by atoms with van der Waals surface area (Å²) in [4.78, 5) is 0. The molecule has 0 aliphatic carbocycles. The van der Waals surface area contributed by atoms with E-state index < -0.39 is 32.3 Å². The van der Waals surface area contributed by atoms with Gasteiger partial charge in [0.15, 0.2) is 0 Å². The van der Waals surface area contributed by atoms with Crippen molar-refractivity contribution in [2.24, 2.45) is 0 Å². The monoisotopic (exact) mass is 900 g/mol. The maximum absolute atomic E-state index is 2.89. The van der Waals surface area contributed by atoms with E-state index in [2.05, 4.69) is 290 Å². The van der Waals surface area contributed by atoms with Crippen molar-refractivity contribution in [2.75, 3.05) is 0 Å². The summed E-state index contributed by atoms with van der Waals surface area (Å²) in [7, 11) is -3.94. The van der Waals surface area contributed by atoms with Gasteiger partial charge >= 0.3 is 0 Å². The van der Waals surface area contributed by atoms with Crippen molar-refractivity contribution < 1.29 is 0 Å². The lowest BCUT2D eigenvalue weighted by Gasteiger charge is -2.44. The van der Waals surface area contributed by atoms with E-state index in [1.54, 1.807) is 0 Å². The van der Waals surface area contributed by atoms with Gasteiger partial charge in [-0.15, -0.1) is 0 Å². The molecule has 0 saturated heterocycles. The Kier molecular flexibility index (Phi) is 14.8. The summed E-state index contributed by atoms with van der Waals surface area (Å²) in [5.74, 6) is 0. The molecule has 6 heteroatoms. The van der Waals surface area contributed by atoms with Gasteiger partial charge in [0.2, 0.25) is 0 Å². The normalized spacial score (nSPS) is 12.6. The first-order valence-electron chi connectivity index (χ1n) is 21.9. The Balaban J connectivity index is 1.24. The van der Waals surface area contributed by atoms with Crippen molar-refractivity contribution >= 4 is 74.7 Å². The van der Waals surface area contributed by atoms with Crippen molar-refractivity contribution in [3.05, 3.63) is 278 Å². The average molecular weight is 901 g/mol. The first kappa shape index (κ1) is 43.9. The fourth-order valence-electron chi connectivity index (χ4n) is 8.31. The number of hydrogen-bond acceptors (Lipinski definition) is 2. The molecule has 0 aliphatic rings. The molecule has 9 rings (SSSR count). The minimum Gasteiger partial charge on any atom is -0.237 e. The smallest absolute Gasteiger partial charge is 0.0408 e. The first-order chi connectivity index (χ1) is 31.7. The second-order valence-electron chi connectivity index (χ2n) is 15.6. The van der Waals surface area contributed by atoms with Gasteiger partial charge in [0, 0.05) is 44.4 Å². The standard InChI is InChI=1S/C58H52N2P4/c1-47(59(61(51-30-11-3-12-31-51)52-32-13-4-14-33-52)62(53-34-15-5-16-35-53)54-36-17-6-18-37-54)49-28-27-29-50(46-49)48(2)60(63(55-38-19-7-20-39-55)56-40-21-8-22-41-56)64(57-42-23-9-24-43-57)58-44-25-10-26-45-58/h3-48H,1-2H3. The van der Waals surface area contributed by atoms with Crippen LogP contribution < -0.4 is 42.4 Å². The molecule has 0 radical (unpaired) electrons. The number of nitrogens with zero attached hydrogens (tertiary/aromatic N) is 2. The summed E-state index contributed by atoms with van der Waals surface area (Å²) in [6, 6.07) is 99.5. The molecule has 2 unspecified atom stereocenters. The molecule has 0 saturated carbocycles. The van der Waals surface area contributed by atoms with Gasteiger partial charge in [-0.3, -0.25) is 0 Å². The molecule has 0 aliphatic heterocycles. The van der Waals surface area contributed by atoms with Crippen molar-refractivity contribution in [3.8, 4) is 0 Å². The minimum atomic E-state index is -0.985. The highest BCUT2D eigenvalue weighted by Crippen LogP contribution is 2.61. The molecular weight excluding hydrogens is 849 g/mol. The van der Waals surface area contributed by atoms with Crippen LogP contribution in [0.5, 0.6) is 0 Å². The molecule has 0 aromatic heterocycles. The van der Waals surface area contributed by atoms with E-state index in [0.717, 1.165) is 0 Å². The fraction of sp³-hybridized carbons (Fsp3) is 0.0690. The third-order valence-electron chi connectivity index (χ3n) is 11.4. The zero-order valence-corrected chi connectivity index (χ0v) is 39.8. The summed E-state index contributed by atoms with van der Waals surface area (Å²) >= 11 is 0. The Morgan fingerprint density at radius 1 is 0.234 bits per heavy atom. The Labute approximate surface area is 385 Å². The maximum atomic E-state index is 2.89. The Morgan fingerprint density at radius 3 is 0.578 bits per heavy atom. The molecule has 0 fully saturated rings. The largest absolute Gasteiger partial charge is 0.237 e. The van der Waals surface area contributed by atoms with Crippen LogP contribution in [-0.2, 0) is 0 Å². The molecule has 64 heavy (non-hydrogen) atoms. The van der Waals surface area contributed by atoms with Crippen molar-refractivity contribution in [1.82, 2.24) is 8.88 Å².